The van der Waals surface area contributed by atoms with Crippen LogP contribution in [0.2, 0.25) is 0 Å². The van der Waals surface area contributed by atoms with Crippen molar-refractivity contribution in [2.24, 2.45) is 0 Å². The number of carbonyl (C=O) groups is 1. The number of ether oxygens (including phenoxy) is 1. The van der Waals surface area contributed by atoms with Crippen molar-refractivity contribution >= 4 is 17.4 Å². The SMILES string of the molecule is O=C(NCC(O)c1ccsc1)NC1CCCOc2ccccc21. The minimum absolute atomic E-state index is 0.0769. The molecular formula is C17H20N2O3S. The largest absolute Gasteiger partial charge is 0.493 e. The molecule has 3 rings (SSSR count). The summed E-state index contributed by atoms with van der Waals surface area (Å²) in [5.74, 6) is 0.827. The van der Waals surface area contributed by atoms with Gasteiger partial charge in [0, 0.05) is 12.1 Å². The molecule has 2 heterocycles. The molecule has 0 fully saturated rings. The summed E-state index contributed by atoms with van der Waals surface area (Å²) in [7, 11) is 0. The van der Waals surface area contributed by atoms with Gasteiger partial charge in [-0.05, 0) is 41.3 Å². The highest BCUT2D eigenvalue weighted by Crippen LogP contribution is 2.30. The number of aliphatic hydroxyl groups is 1. The maximum Gasteiger partial charge on any atom is 0.315 e. The standard InChI is InChI=1S/C17H20N2O3S/c20-15(12-7-9-23-11-12)10-18-17(21)19-14-5-3-8-22-16-6-2-1-4-13(14)16/h1-2,4,6-7,9,11,14-15,20H,3,5,8,10H2,(H2,18,19,21). The molecule has 1 aromatic heterocycles. The third-order valence-electron chi connectivity index (χ3n) is 3.88. The lowest BCUT2D eigenvalue weighted by Crippen LogP contribution is -2.39. The Hall–Kier alpha value is -2.05. The molecular weight excluding hydrogens is 312 g/mol. The molecule has 122 valence electrons. The van der Waals surface area contributed by atoms with Crippen molar-refractivity contribution < 1.29 is 14.6 Å². The first-order valence-corrected chi connectivity index (χ1v) is 8.64. The lowest BCUT2D eigenvalue weighted by atomic mass is 10.0. The van der Waals surface area contributed by atoms with Crippen molar-refractivity contribution in [1.82, 2.24) is 10.6 Å². The number of nitrogens with one attached hydrogen (secondary N) is 2. The Balaban J connectivity index is 1.57. The van der Waals surface area contributed by atoms with Crippen LogP contribution in [0, 0.1) is 0 Å². The van der Waals surface area contributed by atoms with Gasteiger partial charge in [-0.2, -0.15) is 11.3 Å². The molecule has 3 N–H and O–H groups in total. The van der Waals surface area contributed by atoms with Crippen LogP contribution in [0.15, 0.2) is 41.1 Å². The number of fused-ring (bicyclic) bond motifs is 1. The van der Waals surface area contributed by atoms with Gasteiger partial charge in [0.1, 0.15) is 5.75 Å². The summed E-state index contributed by atoms with van der Waals surface area (Å²) >= 11 is 1.52. The van der Waals surface area contributed by atoms with Crippen LogP contribution in [0.5, 0.6) is 5.75 Å². The highest BCUT2D eigenvalue weighted by atomic mass is 32.1. The Labute approximate surface area is 139 Å². The molecule has 0 spiro atoms. The average Bonchev–Trinajstić information content (AvgIpc) is 3.03. The molecule has 0 radical (unpaired) electrons. The maximum absolute atomic E-state index is 12.1. The zero-order chi connectivity index (χ0) is 16.1. The number of urea groups is 1. The van der Waals surface area contributed by atoms with Crippen LogP contribution in [-0.4, -0.2) is 24.3 Å². The van der Waals surface area contributed by atoms with Gasteiger partial charge in [-0.3, -0.25) is 0 Å². The molecule has 2 aromatic rings. The Morgan fingerprint density at radius 1 is 1.39 bits per heavy atom. The first-order chi connectivity index (χ1) is 11.2. The molecule has 23 heavy (non-hydrogen) atoms. The Kier molecular flexibility index (Phi) is 5.15. The summed E-state index contributed by atoms with van der Waals surface area (Å²) in [6.07, 6.45) is 1.03. The third kappa shape index (κ3) is 4.03. The van der Waals surface area contributed by atoms with Crippen LogP contribution in [0.4, 0.5) is 4.79 Å². The summed E-state index contributed by atoms with van der Waals surface area (Å²) in [4.78, 5) is 12.1. The van der Waals surface area contributed by atoms with Crippen molar-refractivity contribution in [2.45, 2.75) is 25.0 Å². The van der Waals surface area contributed by atoms with E-state index in [1.165, 1.54) is 11.3 Å². The lowest BCUT2D eigenvalue weighted by molar-refractivity contribution is 0.173. The van der Waals surface area contributed by atoms with Gasteiger partial charge in [0.05, 0.1) is 18.8 Å². The molecule has 0 aliphatic carbocycles. The first kappa shape index (κ1) is 15.8. The van der Waals surface area contributed by atoms with Gasteiger partial charge in [0.2, 0.25) is 0 Å². The topological polar surface area (TPSA) is 70.6 Å². The van der Waals surface area contributed by atoms with Gasteiger partial charge in [-0.25, -0.2) is 4.79 Å². The van der Waals surface area contributed by atoms with Gasteiger partial charge in [0.25, 0.3) is 0 Å². The molecule has 0 bridgehead atoms. The molecule has 6 heteroatoms. The minimum atomic E-state index is -0.684. The van der Waals surface area contributed by atoms with Gasteiger partial charge in [-0.15, -0.1) is 0 Å². The predicted octanol–water partition coefficient (Wildman–Crippen LogP) is 2.99. The lowest BCUT2D eigenvalue weighted by Gasteiger charge is -2.19. The summed E-state index contributed by atoms with van der Waals surface area (Å²) in [6, 6.07) is 9.28. The number of carbonyl (C=O) groups excluding carboxylic acids is 1. The minimum Gasteiger partial charge on any atom is -0.493 e. The van der Waals surface area contributed by atoms with E-state index in [0.29, 0.717) is 6.61 Å². The fourth-order valence-corrected chi connectivity index (χ4v) is 3.36. The van der Waals surface area contributed by atoms with E-state index in [1.54, 1.807) is 0 Å². The zero-order valence-corrected chi connectivity index (χ0v) is 13.5. The molecule has 2 amide bonds. The van der Waals surface area contributed by atoms with Crippen LogP contribution >= 0.6 is 11.3 Å². The zero-order valence-electron chi connectivity index (χ0n) is 12.7. The number of benzene rings is 1. The molecule has 1 aromatic carbocycles. The number of hydrogen-bond donors (Lipinski definition) is 3. The molecule has 2 atom stereocenters. The summed E-state index contributed by atoms with van der Waals surface area (Å²) in [5.41, 5.74) is 1.82. The van der Waals surface area contributed by atoms with Crippen molar-refractivity contribution in [3.63, 3.8) is 0 Å². The van der Waals surface area contributed by atoms with Crippen molar-refractivity contribution in [3.8, 4) is 5.75 Å². The summed E-state index contributed by atoms with van der Waals surface area (Å²) in [5, 5.41) is 19.5. The van der Waals surface area contributed by atoms with E-state index in [-0.39, 0.29) is 18.6 Å². The van der Waals surface area contributed by atoms with Crippen LogP contribution in [0.3, 0.4) is 0 Å². The van der Waals surface area contributed by atoms with E-state index in [1.807, 2.05) is 41.1 Å². The maximum atomic E-state index is 12.1. The van der Waals surface area contributed by atoms with Gasteiger partial charge >= 0.3 is 6.03 Å². The molecule has 0 saturated carbocycles. The molecule has 5 nitrogen and oxygen atoms in total. The van der Waals surface area contributed by atoms with Gasteiger partial charge in [-0.1, -0.05) is 18.2 Å². The van der Waals surface area contributed by atoms with Crippen LogP contribution in [0.25, 0.3) is 0 Å². The van der Waals surface area contributed by atoms with Gasteiger partial charge < -0.3 is 20.5 Å². The van der Waals surface area contributed by atoms with E-state index in [0.717, 1.165) is 29.7 Å². The highest BCUT2D eigenvalue weighted by Gasteiger charge is 2.21. The van der Waals surface area contributed by atoms with Crippen molar-refractivity contribution in [1.29, 1.82) is 0 Å². The second-order valence-electron chi connectivity index (χ2n) is 5.51. The molecule has 1 aliphatic rings. The number of hydrogen-bond acceptors (Lipinski definition) is 4. The smallest absolute Gasteiger partial charge is 0.315 e. The first-order valence-electron chi connectivity index (χ1n) is 7.70. The molecule has 0 saturated heterocycles. The normalized spacial score (nSPS) is 18.2. The van der Waals surface area contributed by atoms with Crippen molar-refractivity contribution in [3.05, 3.63) is 52.2 Å². The predicted molar refractivity (Wildman–Crippen MR) is 89.7 cm³/mol. The third-order valence-corrected chi connectivity index (χ3v) is 4.58. The fourth-order valence-electron chi connectivity index (χ4n) is 2.66. The number of thiophene rings is 1. The van der Waals surface area contributed by atoms with Crippen LogP contribution < -0.4 is 15.4 Å². The number of rotatable bonds is 4. The van der Waals surface area contributed by atoms with E-state index in [2.05, 4.69) is 10.6 Å². The van der Waals surface area contributed by atoms with E-state index in [4.69, 9.17) is 4.74 Å². The molecule has 2 unspecified atom stereocenters. The quantitative estimate of drug-likeness (QED) is 0.806. The Morgan fingerprint density at radius 2 is 2.26 bits per heavy atom. The average molecular weight is 332 g/mol. The Bertz CT molecular complexity index is 645. The number of para-hydroxylation sites is 1. The second kappa shape index (κ2) is 7.48. The van der Waals surface area contributed by atoms with Crippen molar-refractivity contribution in [2.75, 3.05) is 13.2 Å². The fraction of sp³-hybridized carbons (Fsp3) is 0.353. The number of amides is 2. The van der Waals surface area contributed by atoms with Crippen LogP contribution in [-0.2, 0) is 0 Å². The van der Waals surface area contributed by atoms with E-state index < -0.39 is 6.10 Å². The van der Waals surface area contributed by atoms with E-state index >= 15 is 0 Å². The highest BCUT2D eigenvalue weighted by molar-refractivity contribution is 7.07. The van der Waals surface area contributed by atoms with Gasteiger partial charge in [0.15, 0.2) is 0 Å². The summed E-state index contributed by atoms with van der Waals surface area (Å²) < 4.78 is 5.70. The monoisotopic (exact) mass is 332 g/mol. The van der Waals surface area contributed by atoms with E-state index in [9.17, 15) is 9.90 Å². The Morgan fingerprint density at radius 3 is 3.09 bits per heavy atom. The second-order valence-corrected chi connectivity index (χ2v) is 6.29. The molecule has 1 aliphatic heterocycles. The summed E-state index contributed by atoms with van der Waals surface area (Å²) in [6.45, 7) is 0.848. The number of aliphatic hydroxyl groups excluding tert-OH is 1. The van der Waals surface area contributed by atoms with Crippen LogP contribution in [0.1, 0.15) is 36.1 Å².